The lowest BCUT2D eigenvalue weighted by atomic mass is 9.68. The summed E-state index contributed by atoms with van der Waals surface area (Å²) in [6, 6.07) is 3.27. The van der Waals surface area contributed by atoms with E-state index in [2.05, 4.69) is 0 Å². The van der Waals surface area contributed by atoms with Gasteiger partial charge in [0.25, 0.3) is 0 Å². The van der Waals surface area contributed by atoms with Crippen molar-refractivity contribution in [3.05, 3.63) is 58.4 Å². The van der Waals surface area contributed by atoms with Crippen LogP contribution in [0, 0.1) is 17.0 Å². The van der Waals surface area contributed by atoms with Gasteiger partial charge in [0.05, 0.1) is 5.41 Å². The zero-order chi connectivity index (χ0) is 17.4. The van der Waals surface area contributed by atoms with Crippen molar-refractivity contribution >= 4 is 11.9 Å². The van der Waals surface area contributed by atoms with Crippen LogP contribution in [0.1, 0.15) is 18.9 Å². The van der Waals surface area contributed by atoms with E-state index in [-0.39, 0.29) is 11.1 Å². The molecule has 0 spiro atoms. The Bertz CT molecular complexity index is 752. The van der Waals surface area contributed by atoms with Crippen LogP contribution in [0.15, 0.2) is 41.2 Å². The van der Waals surface area contributed by atoms with Crippen molar-refractivity contribution in [2.24, 2.45) is 5.41 Å². The third kappa shape index (κ3) is 2.86. The largest absolute Gasteiger partial charge is 0.481 e. The summed E-state index contributed by atoms with van der Waals surface area (Å²) in [6.45, 7) is 1.20. The molecule has 122 valence electrons. The molecule has 0 fully saturated rings. The van der Waals surface area contributed by atoms with Gasteiger partial charge in [0.15, 0.2) is 11.6 Å². The Balaban J connectivity index is 2.57. The van der Waals surface area contributed by atoms with Gasteiger partial charge in [-0.25, -0.2) is 18.0 Å². The predicted molar refractivity (Wildman–Crippen MR) is 74.3 cm³/mol. The molecule has 0 bridgehead atoms. The number of benzene rings is 1. The first-order chi connectivity index (χ1) is 10.7. The van der Waals surface area contributed by atoms with Gasteiger partial charge in [-0.05, 0) is 43.0 Å². The minimum atomic E-state index is -1.98. The third-order valence-corrected chi connectivity index (χ3v) is 4.08. The first-order valence-electron chi connectivity index (χ1n) is 6.66. The average Bonchev–Trinajstić information content (AvgIpc) is 2.47. The third-order valence-electron chi connectivity index (χ3n) is 4.08. The maximum absolute atomic E-state index is 14.0. The highest BCUT2D eigenvalue weighted by Gasteiger charge is 2.46. The number of carboxylic acids is 2. The van der Waals surface area contributed by atoms with Crippen LogP contribution in [0.5, 0.6) is 0 Å². The summed E-state index contributed by atoms with van der Waals surface area (Å²) in [4.78, 5) is 22.9. The van der Waals surface area contributed by atoms with Crippen LogP contribution in [0.2, 0.25) is 0 Å². The van der Waals surface area contributed by atoms with Gasteiger partial charge < -0.3 is 10.2 Å². The van der Waals surface area contributed by atoms with Gasteiger partial charge in [0.2, 0.25) is 0 Å². The lowest BCUT2D eigenvalue weighted by Gasteiger charge is -2.33. The van der Waals surface area contributed by atoms with E-state index in [0.29, 0.717) is 0 Å². The molecular weight excluding hydrogens is 313 g/mol. The molecule has 7 heteroatoms. The van der Waals surface area contributed by atoms with Crippen LogP contribution in [-0.4, -0.2) is 22.2 Å². The standard InChI is InChI=1S/C16H13F3O4/c1-8-12(18)5-10(14(20)21)7-16(8,15(22)23)6-9-3-2-4-11(17)13(9)19/h2-5H,6-7H2,1H3,(H,20,21)(H,22,23). The molecule has 0 aromatic heterocycles. The Morgan fingerprint density at radius 3 is 2.43 bits per heavy atom. The zero-order valence-corrected chi connectivity index (χ0v) is 12.1. The monoisotopic (exact) mass is 326 g/mol. The van der Waals surface area contributed by atoms with Crippen molar-refractivity contribution in [3.63, 3.8) is 0 Å². The Kier molecular flexibility index (Phi) is 4.31. The van der Waals surface area contributed by atoms with E-state index in [1.165, 1.54) is 19.1 Å². The summed E-state index contributed by atoms with van der Waals surface area (Å²) in [7, 11) is 0. The minimum absolute atomic E-state index is 0.223. The molecule has 1 aliphatic carbocycles. The van der Waals surface area contributed by atoms with Crippen LogP contribution in [0.25, 0.3) is 0 Å². The van der Waals surface area contributed by atoms with E-state index >= 15 is 0 Å². The van der Waals surface area contributed by atoms with Crippen molar-refractivity contribution in [2.75, 3.05) is 0 Å². The maximum Gasteiger partial charge on any atom is 0.331 e. The number of carbonyl (C=O) groups is 2. The average molecular weight is 326 g/mol. The van der Waals surface area contributed by atoms with Crippen LogP contribution in [0.4, 0.5) is 13.2 Å². The lowest BCUT2D eigenvalue weighted by Crippen LogP contribution is -2.38. The molecule has 0 saturated heterocycles. The number of rotatable bonds is 4. The van der Waals surface area contributed by atoms with Gasteiger partial charge in [0, 0.05) is 5.57 Å². The van der Waals surface area contributed by atoms with Crippen molar-refractivity contribution in [1.29, 1.82) is 0 Å². The summed E-state index contributed by atoms with van der Waals surface area (Å²) in [6.07, 6.45) is -0.330. The van der Waals surface area contributed by atoms with E-state index in [1.54, 1.807) is 0 Å². The maximum atomic E-state index is 14.0. The van der Waals surface area contributed by atoms with Crippen molar-refractivity contribution < 1.29 is 33.0 Å². The lowest BCUT2D eigenvalue weighted by molar-refractivity contribution is -0.147. The molecule has 2 rings (SSSR count). The van der Waals surface area contributed by atoms with Crippen molar-refractivity contribution in [1.82, 2.24) is 0 Å². The molecule has 0 aliphatic heterocycles. The van der Waals surface area contributed by atoms with Crippen LogP contribution < -0.4 is 0 Å². The van der Waals surface area contributed by atoms with Gasteiger partial charge >= 0.3 is 11.9 Å². The van der Waals surface area contributed by atoms with Gasteiger partial charge in [-0.2, -0.15) is 0 Å². The van der Waals surface area contributed by atoms with Crippen molar-refractivity contribution in [3.8, 4) is 0 Å². The fourth-order valence-corrected chi connectivity index (χ4v) is 2.65. The van der Waals surface area contributed by atoms with Crippen LogP contribution in [-0.2, 0) is 16.0 Å². The summed E-state index contributed by atoms with van der Waals surface area (Å²) < 4.78 is 41.2. The minimum Gasteiger partial charge on any atom is -0.481 e. The highest BCUT2D eigenvalue weighted by atomic mass is 19.2. The SMILES string of the molecule is CC1=C(F)C=C(C(=O)O)CC1(Cc1cccc(F)c1F)C(=O)O. The first-order valence-corrected chi connectivity index (χ1v) is 6.66. The molecule has 23 heavy (non-hydrogen) atoms. The molecular formula is C16H13F3O4. The molecule has 2 N–H and O–H groups in total. The number of aliphatic carboxylic acids is 2. The van der Waals surface area contributed by atoms with E-state index in [0.717, 1.165) is 12.1 Å². The van der Waals surface area contributed by atoms with Crippen LogP contribution >= 0.6 is 0 Å². The second-order valence-electron chi connectivity index (χ2n) is 5.40. The van der Waals surface area contributed by atoms with E-state index in [1.807, 2.05) is 0 Å². The quantitative estimate of drug-likeness (QED) is 0.891. The second-order valence-corrected chi connectivity index (χ2v) is 5.40. The molecule has 0 saturated carbocycles. The Morgan fingerprint density at radius 1 is 1.22 bits per heavy atom. The van der Waals surface area contributed by atoms with E-state index < -0.39 is 53.2 Å². The number of carboxylic acid groups (broad SMARTS) is 2. The number of halogens is 3. The highest BCUT2D eigenvalue weighted by Crippen LogP contribution is 2.44. The van der Waals surface area contributed by atoms with Gasteiger partial charge in [0.1, 0.15) is 5.83 Å². The molecule has 0 heterocycles. The topological polar surface area (TPSA) is 74.6 Å². The Labute approximate surface area is 129 Å². The summed E-state index contributed by atoms with van der Waals surface area (Å²) in [5.41, 5.74) is -2.90. The molecule has 1 atom stereocenters. The normalized spacial score (nSPS) is 21.1. The van der Waals surface area contributed by atoms with Gasteiger partial charge in [-0.15, -0.1) is 0 Å². The first kappa shape index (κ1) is 16.8. The van der Waals surface area contributed by atoms with Crippen LogP contribution in [0.3, 0.4) is 0 Å². The fourth-order valence-electron chi connectivity index (χ4n) is 2.65. The number of hydrogen-bond acceptors (Lipinski definition) is 2. The number of allylic oxidation sites excluding steroid dienone is 2. The summed E-state index contributed by atoms with van der Waals surface area (Å²) in [5, 5.41) is 18.6. The van der Waals surface area contributed by atoms with Crippen molar-refractivity contribution in [2.45, 2.75) is 19.8 Å². The van der Waals surface area contributed by atoms with E-state index in [4.69, 9.17) is 5.11 Å². The zero-order valence-electron chi connectivity index (χ0n) is 12.1. The molecule has 4 nitrogen and oxygen atoms in total. The highest BCUT2D eigenvalue weighted by molar-refractivity contribution is 5.91. The Morgan fingerprint density at radius 2 is 1.87 bits per heavy atom. The molecule has 0 radical (unpaired) electrons. The molecule has 1 aliphatic rings. The molecule has 1 aromatic carbocycles. The smallest absolute Gasteiger partial charge is 0.331 e. The second kappa shape index (κ2) is 5.91. The van der Waals surface area contributed by atoms with Gasteiger partial charge in [-0.1, -0.05) is 12.1 Å². The fraction of sp³-hybridized carbons (Fsp3) is 0.250. The predicted octanol–water partition coefficient (Wildman–Crippen LogP) is 3.24. The van der Waals surface area contributed by atoms with E-state index in [9.17, 15) is 27.9 Å². The molecule has 0 amide bonds. The molecule has 1 unspecified atom stereocenters. The Hall–Kier alpha value is -2.57. The molecule has 1 aromatic rings. The number of hydrogen-bond donors (Lipinski definition) is 2. The summed E-state index contributed by atoms with van der Waals surface area (Å²) in [5.74, 6) is -6.34. The van der Waals surface area contributed by atoms with Gasteiger partial charge in [-0.3, -0.25) is 4.79 Å². The summed E-state index contributed by atoms with van der Waals surface area (Å²) >= 11 is 0.